The third kappa shape index (κ3) is 3.01. The molecule has 3 aromatic rings. The van der Waals surface area contributed by atoms with Gasteiger partial charge in [0.05, 0.1) is 11.7 Å². The Morgan fingerprint density at radius 2 is 2.03 bits per heavy atom. The second-order valence-electron chi connectivity index (χ2n) is 8.19. The summed E-state index contributed by atoms with van der Waals surface area (Å²) >= 11 is 0. The van der Waals surface area contributed by atoms with E-state index in [0.717, 1.165) is 47.3 Å². The lowest BCUT2D eigenvalue weighted by atomic mass is 9.87. The molecule has 0 unspecified atom stereocenters. The van der Waals surface area contributed by atoms with Gasteiger partial charge in [0.15, 0.2) is 0 Å². The SMILES string of the molecule is Cc1ncnc2c1ccn2[C@@H]1C[C@H](Oc2cccc3c2[C@@H](N)CCC3)[C@@H](O)[C@H]1O. The molecule has 0 amide bonds. The zero-order valence-corrected chi connectivity index (χ0v) is 16.4. The van der Waals surface area contributed by atoms with Gasteiger partial charge in [-0.05, 0) is 43.9 Å². The van der Waals surface area contributed by atoms with Gasteiger partial charge in [0.25, 0.3) is 0 Å². The van der Waals surface area contributed by atoms with E-state index < -0.39 is 18.3 Å². The van der Waals surface area contributed by atoms with Gasteiger partial charge < -0.3 is 25.3 Å². The van der Waals surface area contributed by atoms with E-state index in [0.29, 0.717) is 6.42 Å². The molecule has 2 heterocycles. The number of ether oxygens (including phenoxy) is 1. The van der Waals surface area contributed by atoms with Gasteiger partial charge >= 0.3 is 0 Å². The van der Waals surface area contributed by atoms with E-state index in [1.54, 1.807) is 0 Å². The molecule has 5 atom stereocenters. The largest absolute Gasteiger partial charge is 0.487 e. The number of nitrogens with two attached hydrogens (primary N) is 1. The van der Waals surface area contributed by atoms with Crippen molar-refractivity contribution in [2.24, 2.45) is 5.73 Å². The number of hydrogen-bond donors (Lipinski definition) is 3. The van der Waals surface area contributed by atoms with Crippen molar-refractivity contribution in [2.75, 3.05) is 0 Å². The number of aryl methyl sites for hydroxylation is 2. The Kier molecular flexibility index (Phi) is 4.53. The van der Waals surface area contributed by atoms with Crippen molar-refractivity contribution in [1.29, 1.82) is 0 Å². The Morgan fingerprint density at radius 1 is 1.17 bits per heavy atom. The zero-order chi connectivity index (χ0) is 20.1. The number of aromatic nitrogens is 3. The maximum absolute atomic E-state index is 10.8. The van der Waals surface area contributed by atoms with Crippen molar-refractivity contribution < 1.29 is 14.9 Å². The third-order valence-electron chi connectivity index (χ3n) is 6.43. The minimum Gasteiger partial charge on any atom is -0.487 e. The fourth-order valence-corrected chi connectivity index (χ4v) is 4.88. The van der Waals surface area contributed by atoms with Crippen LogP contribution in [0.3, 0.4) is 0 Å². The van der Waals surface area contributed by atoms with Gasteiger partial charge in [-0.3, -0.25) is 0 Å². The highest BCUT2D eigenvalue weighted by Crippen LogP contribution is 2.40. The molecular formula is C22H26N4O3. The van der Waals surface area contributed by atoms with Crippen molar-refractivity contribution in [2.45, 2.75) is 63.0 Å². The molecule has 1 saturated carbocycles. The monoisotopic (exact) mass is 394 g/mol. The van der Waals surface area contributed by atoms with Crippen LogP contribution in [0.1, 0.15) is 48.2 Å². The zero-order valence-electron chi connectivity index (χ0n) is 16.4. The Bertz CT molecular complexity index is 1050. The number of nitrogens with zero attached hydrogens (tertiary/aromatic N) is 3. The van der Waals surface area contributed by atoms with Gasteiger partial charge in [-0.25, -0.2) is 9.97 Å². The second-order valence-corrected chi connectivity index (χ2v) is 8.19. The van der Waals surface area contributed by atoms with E-state index in [2.05, 4.69) is 16.0 Å². The van der Waals surface area contributed by atoms with Gasteiger partial charge in [0, 0.05) is 29.6 Å². The van der Waals surface area contributed by atoms with E-state index in [1.165, 1.54) is 11.9 Å². The highest BCUT2D eigenvalue weighted by molar-refractivity contribution is 5.78. The normalized spacial score (nSPS) is 29.2. The molecule has 2 aliphatic rings. The molecule has 1 fully saturated rings. The predicted molar refractivity (Wildman–Crippen MR) is 109 cm³/mol. The summed E-state index contributed by atoms with van der Waals surface area (Å²) in [5.41, 5.74) is 10.3. The fourth-order valence-electron chi connectivity index (χ4n) is 4.88. The van der Waals surface area contributed by atoms with Gasteiger partial charge in [-0.2, -0.15) is 0 Å². The molecule has 4 N–H and O–H groups in total. The van der Waals surface area contributed by atoms with E-state index in [1.807, 2.05) is 35.9 Å². The van der Waals surface area contributed by atoms with Crippen molar-refractivity contribution in [3.63, 3.8) is 0 Å². The minimum absolute atomic E-state index is 0.0534. The summed E-state index contributed by atoms with van der Waals surface area (Å²) in [4.78, 5) is 8.61. The van der Waals surface area contributed by atoms with Crippen molar-refractivity contribution in [1.82, 2.24) is 14.5 Å². The molecule has 152 valence electrons. The molecule has 7 nitrogen and oxygen atoms in total. The predicted octanol–water partition coefficient (Wildman–Crippen LogP) is 2.19. The van der Waals surface area contributed by atoms with Crippen molar-refractivity contribution in [3.8, 4) is 5.75 Å². The first-order chi connectivity index (χ1) is 14.0. The van der Waals surface area contributed by atoms with Crippen LogP contribution >= 0.6 is 0 Å². The smallest absolute Gasteiger partial charge is 0.143 e. The van der Waals surface area contributed by atoms with Gasteiger partial charge in [-0.1, -0.05) is 12.1 Å². The van der Waals surface area contributed by atoms with Crippen LogP contribution in [0.15, 0.2) is 36.8 Å². The summed E-state index contributed by atoms with van der Waals surface area (Å²) < 4.78 is 8.18. The Morgan fingerprint density at radius 3 is 2.90 bits per heavy atom. The van der Waals surface area contributed by atoms with Crippen molar-refractivity contribution >= 4 is 11.0 Å². The highest BCUT2D eigenvalue weighted by Gasteiger charge is 2.44. The average molecular weight is 394 g/mol. The molecule has 0 bridgehead atoms. The number of fused-ring (bicyclic) bond motifs is 2. The maximum atomic E-state index is 10.8. The van der Waals surface area contributed by atoms with Crippen LogP contribution < -0.4 is 10.5 Å². The van der Waals surface area contributed by atoms with E-state index in [-0.39, 0.29) is 12.1 Å². The lowest BCUT2D eigenvalue weighted by Crippen LogP contribution is -2.34. The first kappa shape index (κ1) is 18.5. The van der Waals surface area contributed by atoms with E-state index >= 15 is 0 Å². The summed E-state index contributed by atoms with van der Waals surface area (Å²) in [7, 11) is 0. The summed E-state index contributed by atoms with van der Waals surface area (Å²) in [5, 5.41) is 22.5. The Labute approximate surface area is 169 Å². The lowest BCUT2D eigenvalue weighted by Gasteiger charge is -2.27. The molecular weight excluding hydrogens is 368 g/mol. The lowest BCUT2D eigenvalue weighted by molar-refractivity contribution is -0.0167. The molecule has 0 aliphatic heterocycles. The number of rotatable bonds is 3. The standard InChI is InChI=1S/C22H26N4O3/c1-12-14-8-9-26(22(14)25-11-24-12)16-10-18(21(28)20(16)27)29-17-7-3-5-13-4-2-6-15(23)19(13)17/h3,5,7-9,11,15-16,18,20-21,27-28H,2,4,6,10,23H2,1H3/t15-,16+,18-,20-,21+/m0/s1. The number of hydrogen-bond acceptors (Lipinski definition) is 6. The Hall–Kier alpha value is -2.48. The summed E-state index contributed by atoms with van der Waals surface area (Å²) in [6.45, 7) is 1.93. The summed E-state index contributed by atoms with van der Waals surface area (Å²) in [6.07, 6.45) is 4.45. The highest BCUT2D eigenvalue weighted by atomic mass is 16.5. The number of aliphatic hydroxyl groups excluding tert-OH is 2. The number of aliphatic hydroxyl groups is 2. The fraction of sp³-hybridized carbons (Fsp3) is 0.455. The molecule has 2 aromatic heterocycles. The van der Waals surface area contributed by atoms with Crippen LogP contribution in [0.5, 0.6) is 5.75 Å². The molecule has 0 radical (unpaired) electrons. The van der Waals surface area contributed by atoms with Crippen LogP contribution in [0.25, 0.3) is 11.0 Å². The minimum atomic E-state index is -0.990. The van der Waals surface area contributed by atoms with E-state index in [9.17, 15) is 10.2 Å². The molecule has 29 heavy (non-hydrogen) atoms. The van der Waals surface area contributed by atoms with Crippen LogP contribution in [-0.2, 0) is 6.42 Å². The third-order valence-corrected chi connectivity index (χ3v) is 6.43. The molecule has 2 aliphatic carbocycles. The molecule has 0 saturated heterocycles. The van der Waals surface area contributed by atoms with E-state index in [4.69, 9.17) is 10.5 Å². The quantitative estimate of drug-likeness (QED) is 0.629. The van der Waals surface area contributed by atoms with Crippen molar-refractivity contribution in [3.05, 3.63) is 53.6 Å². The first-order valence-corrected chi connectivity index (χ1v) is 10.2. The van der Waals surface area contributed by atoms with Crippen LogP contribution in [-0.4, -0.2) is 43.1 Å². The Balaban J connectivity index is 1.44. The maximum Gasteiger partial charge on any atom is 0.143 e. The molecule has 7 heteroatoms. The topological polar surface area (TPSA) is 106 Å². The second kappa shape index (κ2) is 7.09. The van der Waals surface area contributed by atoms with Crippen LogP contribution in [0.4, 0.5) is 0 Å². The molecule has 1 aromatic carbocycles. The van der Waals surface area contributed by atoms with Gasteiger partial charge in [-0.15, -0.1) is 0 Å². The summed E-state index contributed by atoms with van der Waals surface area (Å²) in [5.74, 6) is 0.724. The van der Waals surface area contributed by atoms with Crippen LogP contribution in [0, 0.1) is 6.92 Å². The first-order valence-electron chi connectivity index (χ1n) is 10.2. The molecule has 5 rings (SSSR count). The molecule has 0 spiro atoms. The van der Waals surface area contributed by atoms with Gasteiger partial charge in [0.1, 0.15) is 36.0 Å². The average Bonchev–Trinajstić information content (AvgIpc) is 3.26. The van der Waals surface area contributed by atoms with Gasteiger partial charge in [0.2, 0.25) is 0 Å². The van der Waals surface area contributed by atoms with Crippen LogP contribution in [0.2, 0.25) is 0 Å². The summed E-state index contributed by atoms with van der Waals surface area (Å²) in [6, 6.07) is 7.55. The number of benzene rings is 1.